The van der Waals surface area contributed by atoms with Crippen molar-refractivity contribution in [2.45, 2.75) is 13.0 Å². The molecule has 1 aromatic heterocycles. The van der Waals surface area contributed by atoms with Gasteiger partial charge in [0.2, 0.25) is 0 Å². The van der Waals surface area contributed by atoms with E-state index in [9.17, 15) is 9.59 Å². The molecule has 1 amide bonds. The normalized spacial score (nSPS) is 19.2. The van der Waals surface area contributed by atoms with Crippen LogP contribution in [0.2, 0.25) is 0 Å². The van der Waals surface area contributed by atoms with Crippen LogP contribution in [-0.4, -0.2) is 65.8 Å². The van der Waals surface area contributed by atoms with Gasteiger partial charge < -0.3 is 15.2 Å². The molecule has 0 saturated carbocycles. The first-order chi connectivity index (χ1) is 10.1. The number of ether oxygens (including phenoxy) is 1. The van der Waals surface area contributed by atoms with Gasteiger partial charge in [-0.3, -0.25) is 9.69 Å². The molecule has 1 saturated heterocycles. The number of morpholine rings is 1. The predicted octanol–water partition coefficient (Wildman–Crippen LogP) is 0.230. The van der Waals surface area contributed by atoms with Gasteiger partial charge in [0, 0.05) is 25.8 Å². The number of carboxylic acids is 1. The third-order valence-corrected chi connectivity index (χ3v) is 3.41. The highest BCUT2D eigenvalue weighted by molar-refractivity contribution is 5.94. The largest absolute Gasteiger partial charge is 0.477 e. The molecule has 114 valence electrons. The molecule has 0 spiro atoms. The van der Waals surface area contributed by atoms with Gasteiger partial charge in [0.05, 0.1) is 18.3 Å². The molecule has 7 heteroatoms. The lowest BCUT2D eigenvalue weighted by Gasteiger charge is -2.32. The lowest BCUT2D eigenvalue weighted by atomic mass is 10.2. The van der Waals surface area contributed by atoms with Gasteiger partial charge in [-0.25, -0.2) is 9.78 Å². The molecule has 21 heavy (non-hydrogen) atoms. The molecule has 0 radical (unpaired) electrons. The monoisotopic (exact) mass is 293 g/mol. The van der Waals surface area contributed by atoms with Gasteiger partial charge in [-0.2, -0.15) is 0 Å². The molecule has 1 fully saturated rings. The van der Waals surface area contributed by atoms with Gasteiger partial charge in [-0.15, -0.1) is 0 Å². The van der Waals surface area contributed by atoms with Crippen LogP contribution in [-0.2, 0) is 4.74 Å². The fourth-order valence-corrected chi connectivity index (χ4v) is 2.15. The van der Waals surface area contributed by atoms with E-state index in [4.69, 9.17) is 9.84 Å². The van der Waals surface area contributed by atoms with Gasteiger partial charge in [0.1, 0.15) is 5.69 Å². The minimum Gasteiger partial charge on any atom is -0.477 e. The number of aromatic nitrogens is 1. The number of nitrogens with one attached hydrogen (secondary N) is 1. The van der Waals surface area contributed by atoms with Crippen molar-refractivity contribution in [2.24, 2.45) is 0 Å². The van der Waals surface area contributed by atoms with Crippen LogP contribution >= 0.6 is 0 Å². The van der Waals surface area contributed by atoms with Crippen LogP contribution in [0.4, 0.5) is 0 Å². The Morgan fingerprint density at radius 2 is 2.33 bits per heavy atom. The summed E-state index contributed by atoms with van der Waals surface area (Å²) in [5.74, 6) is -1.39. The van der Waals surface area contributed by atoms with Crippen molar-refractivity contribution in [2.75, 3.05) is 32.8 Å². The molecule has 0 aromatic carbocycles. The van der Waals surface area contributed by atoms with Crippen molar-refractivity contribution in [1.29, 1.82) is 0 Å². The van der Waals surface area contributed by atoms with Crippen molar-refractivity contribution in [1.82, 2.24) is 15.2 Å². The number of nitrogens with zero attached hydrogens (tertiary/aromatic N) is 2. The average molecular weight is 293 g/mol. The highest BCUT2D eigenvalue weighted by atomic mass is 16.5. The number of carboxylic acid groups (broad SMARTS) is 1. The maximum absolute atomic E-state index is 12.0. The molecule has 0 aliphatic carbocycles. The Balaban J connectivity index is 1.85. The Bertz CT molecular complexity index is 503. The molecule has 1 aromatic rings. The zero-order chi connectivity index (χ0) is 15.2. The van der Waals surface area contributed by atoms with E-state index in [1.165, 1.54) is 18.3 Å². The van der Waals surface area contributed by atoms with E-state index < -0.39 is 5.97 Å². The summed E-state index contributed by atoms with van der Waals surface area (Å²) >= 11 is 0. The molecule has 2 heterocycles. The molecular formula is C14H19N3O4. The van der Waals surface area contributed by atoms with Gasteiger partial charge in [-0.05, 0) is 18.7 Å². The molecule has 7 nitrogen and oxygen atoms in total. The van der Waals surface area contributed by atoms with Gasteiger partial charge >= 0.3 is 5.97 Å². The highest BCUT2D eigenvalue weighted by Crippen LogP contribution is 2.05. The number of likely N-dealkylation sites (N-methyl/N-ethyl adjacent to an activating group) is 1. The lowest BCUT2D eigenvalue weighted by Crippen LogP contribution is -2.47. The molecule has 2 rings (SSSR count). The van der Waals surface area contributed by atoms with E-state index in [0.717, 1.165) is 19.6 Å². The van der Waals surface area contributed by atoms with Gasteiger partial charge in [0.15, 0.2) is 0 Å². The fraction of sp³-hybridized carbons (Fsp3) is 0.500. The van der Waals surface area contributed by atoms with E-state index in [1.807, 2.05) is 0 Å². The first kappa shape index (κ1) is 15.4. The number of hydrogen-bond acceptors (Lipinski definition) is 5. The number of carbonyl (C=O) groups excluding carboxylic acids is 1. The van der Waals surface area contributed by atoms with Crippen LogP contribution in [0.25, 0.3) is 0 Å². The van der Waals surface area contributed by atoms with Crippen molar-refractivity contribution in [3.05, 3.63) is 29.6 Å². The summed E-state index contributed by atoms with van der Waals surface area (Å²) in [7, 11) is 0. The topological polar surface area (TPSA) is 91.8 Å². The van der Waals surface area contributed by atoms with E-state index in [-0.39, 0.29) is 17.7 Å². The Morgan fingerprint density at radius 3 is 2.95 bits per heavy atom. The predicted molar refractivity (Wildman–Crippen MR) is 75.4 cm³/mol. The maximum atomic E-state index is 12.0. The smallest absolute Gasteiger partial charge is 0.354 e. The zero-order valence-electron chi connectivity index (χ0n) is 11.9. The lowest BCUT2D eigenvalue weighted by molar-refractivity contribution is -0.0246. The summed E-state index contributed by atoms with van der Waals surface area (Å²) in [6.45, 7) is 5.87. The van der Waals surface area contributed by atoms with Crippen LogP contribution in [0.15, 0.2) is 18.3 Å². The number of pyridine rings is 1. The summed E-state index contributed by atoms with van der Waals surface area (Å²) in [5.41, 5.74) is 0.254. The zero-order valence-corrected chi connectivity index (χ0v) is 11.9. The van der Waals surface area contributed by atoms with Crippen LogP contribution < -0.4 is 5.32 Å². The van der Waals surface area contributed by atoms with Crippen LogP contribution in [0.5, 0.6) is 0 Å². The summed E-state index contributed by atoms with van der Waals surface area (Å²) in [5, 5.41) is 11.5. The third-order valence-electron chi connectivity index (χ3n) is 3.41. The fourth-order valence-electron chi connectivity index (χ4n) is 2.15. The average Bonchev–Trinajstić information content (AvgIpc) is 2.53. The van der Waals surface area contributed by atoms with Crippen molar-refractivity contribution in [3.63, 3.8) is 0 Å². The second-order valence-corrected chi connectivity index (χ2v) is 4.83. The quantitative estimate of drug-likeness (QED) is 0.807. The number of amides is 1. The van der Waals surface area contributed by atoms with Crippen molar-refractivity contribution in [3.8, 4) is 0 Å². The first-order valence-corrected chi connectivity index (χ1v) is 6.91. The van der Waals surface area contributed by atoms with Crippen LogP contribution in [0.3, 0.4) is 0 Å². The molecule has 1 aliphatic rings. The summed E-state index contributed by atoms with van der Waals surface area (Å²) in [6.07, 6.45) is 1.24. The third kappa shape index (κ3) is 4.24. The highest BCUT2D eigenvalue weighted by Gasteiger charge is 2.20. The molecule has 1 aliphatic heterocycles. The molecule has 2 N–H and O–H groups in total. The molecule has 0 bridgehead atoms. The number of hydrogen-bond donors (Lipinski definition) is 2. The van der Waals surface area contributed by atoms with E-state index >= 15 is 0 Å². The van der Waals surface area contributed by atoms with Gasteiger partial charge in [-0.1, -0.05) is 6.92 Å². The number of carbonyl (C=O) groups is 2. The summed E-state index contributed by atoms with van der Waals surface area (Å²) in [4.78, 5) is 28.6. The van der Waals surface area contributed by atoms with Gasteiger partial charge in [0.25, 0.3) is 5.91 Å². The van der Waals surface area contributed by atoms with Crippen LogP contribution in [0.1, 0.15) is 27.8 Å². The second kappa shape index (κ2) is 7.14. The Kier molecular flexibility index (Phi) is 5.24. The second-order valence-electron chi connectivity index (χ2n) is 4.83. The van der Waals surface area contributed by atoms with Crippen molar-refractivity contribution < 1.29 is 19.4 Å². The molecule has 1 atom stereocenters. The van der Waals surface area contributed by atoms with E-state index in [1.54, 1.807) is 0 Å². The summed E-state index contributed by atoms with van der Waals surface area (Å²) in [6, 6.07) is 2.76. The Morgan fingerprint density at radius 1 is 1.52 bits per heavy atom. The maximum Gasteiger partial charge on any atom is 0.354 e. The Hall–Kier alpha value is -1.99. The molecular weight excluding hydrogens is 274 g/mol. The Labute approximate surface area is 122 Å². The number of aromatic carboxylic acids is 1. The van der Waals surface area contributed by atoms with Crippen molar-refractivity contribution >= 4 is 11.9 Å². The standard InChI is InChI=1S/C14H19N3O4/c1-2-17-5-6-21-11(9-17)8-16-13(18)10-3-4-12(14(19)20)15-7-10/h3-4,7,11H,2,5-6,8-9H2,1H3,(H,16,18)(H,19,20). The first-order valence-electron chi connectivity index (χ1n) is 6.91. The number of rotatable bonds is 5. The SMILES string of the molecule is CCN1CCOC(CNC(=O)c2ccc(C(=O)O)nc2)C1. The summed E-state index contributed by atoms with van der Waals surface area (Å²) < 4.78 is 5.60. The van der Waals surface area contributed by atoms with E-state index in [0.29, 0.717) is 18.7 Å². The minimum absolute atomic E-state index is 0.0195. The minimum atomic E-state index is -1.11. The molecule has 1 unspecified atom stereocenters. The van der Waals surface area contributed by atoms with Crippen LogP contribution in [0, 0.1) is 0 Å². The van der Waals surface area contributed by atoms with E-state index in [2.05, 4.69) is 22.1 Å².